The molecule has 3 heteroatoms. The van der Waals surface area contributed by atoms with Gasteiger partial charge in [-0.05, 0) is 30.2 Å². The maximum absolute atomic E-state index is 12.4. The van der Waals surface area contributed by atoms with Crippen LogP contribution in [0.4, 0.5) is 10.5 Å². The molecular formula is C17H20N2O. The zero-order valence-electron chi connectivity index (χ0n) is 11.8. The van der Waals surface area contributed by atoms with E-state index in [1.54, 1.807) is 0 Å². The molecule has 20 heavy (non-hydrogen) atoms. The minimum absolute atomic E-state index is 0.0212. The summed E-state index contributed by atoms with van der Waals surface area (Å²) < 4.78 is 0. The molecule has 1 aliphatic heterocycles. The van der Waals surface area contributed by atoms with E-state index < -0.39 is 0 Å². The first-order chi connectivity index (χ1) is 9.74. The normalized spacial score (nSPS) is 19.1. The molecule has 2 aromatic carbocycles. The van der Waals surface area contributed by atoms with Crippen molar-refractivity contribution in [2.24, 2.45) is 5.92 Å². The van der Waals surface area contributed by atoms with Crippen LogP contribution in [-0.2, 0) is 0 Å². The number of nitrogens with one attached hydrogen (secondary N) is 1. The third kappa shape index (κ3) is 2.62. The SMILES string of the molecule is CC1CCCN(C(=O)Nc2cccc3ccccc23)C1. The molecule has 2 aromatic rings. The number of carbonyl (C=O) groups is 1. The largest absolute Gasteiger partial charge is 0.324 e. The summed E-state index contributed by atoms with van der Waals surface area (Å²) in [5.41, 5.74) is 0.895. The summed E-state index contributed by atoms with van der Waals surface area (Å²) in [4.78, 5) is 14.3. The summed E-state index contributed by atoms with van der Waals surface area (Å²) in [5.74, 6) is 0.599. The number of urea groups is 1. The lowest BCUT2D eigenvalue weighted by Crippen LogP contribution is -2.41. The van der Waals surface area contributed by atoms with Gasteiger partial charge in [0.25, 0.3) is 0 Å². The van der Waals surface area contributed by atoms with Gasteiger partial charge in [-0.1, -0.05) is 43.3 Å². The summed E-state index contributed by atoms with van der Waals surface area (Å²) in [6, 6.07) is 14.2. The Morgan fingerprint density at radius 1 is 1.20 bits per heavy atom. The number of piperidine rings is 1. The quantitative estimate of drug-likeness (QED) is 0.829. The molecule has 0 radical (unpaired) electrons. The standard InChI is InChI=1S/C17H20N2O/c1-13-6-5-11-19(12-13)17(20)18-16-10-4-8-14-7-2-3-9-15(14)16/h2-4,7-10,13H,5-6,11-12H2,1H3,(H,18,20). The molecule has 0 bridgehead atoms. The monoisotopic (exact) mass is 268 g/mol. The van der Waals surface area contributed by atoms with E-state index in [0.29, 0.717) is 5.92 Å². The number of hydrogen-bond acceptors (Lipinski definition) is 1. The Kier molecular flexibility index (Phi) is 3.59. The lowest BCUT2D eigenvalue weighted by atomic mass is 10.0. The van der Waals surface area contributed by atoms with Crippen LogP contribution in [0.2, 0.25) is 0 Å². The maximum atomic E-state index is 12.4. The van der Waals surface area contributed by atoms with Crippen molar-refractivity contribution in [2.45, 2.75) is 19.8 Å². The van der Waals surface area contributed by atoms with Gasteiger partial charge in [-0.25, -0.2) is 4.79 Å². The first-order valence-electron chi connectivity index (χ1n) is 7.28. The minimum atomic E-state index is 0.0212. The fourth-order valence-corrected chi connectivity index (χ4v) is 2.90. The second-order valence-electron chi connectivity index (χ2n) is 5.65. The van der Waals surface area contributed by atoms with Crippen molar-refractivity contribution in [1.82, 2.24) is 4.90 Å². The number of carbonyl (C=O) groups excluding carboxylic acids is 1. The number of nitrogens with zero attached hydrogens (tertiary/aromatic N) is 1. The van der Waals surface area contributed by atoms with Crippen LogP contribution in [0.5, 0.6) is 0 Å². The van der Waals surface area contributed by atoms with Gasteiger partial charge in [0.15, 0.2) is 0 Å². The molecule has 3 rings (SSSR count). The van der Waals surface area contributed by atoms with Crippen molar-refractivity contribution in [2.75, 3.05) is 18.4 Å². The molecule has 1 heterocycles. The lowest BCUT2D eigenvalue weighted by molar-refractivity contribution is 0.182. The Balaban J connectivity index is 1.80. The molecule has 0 spiro atoms. The van der Waals surface area contributed by atoms with Gasteiger partial charge >= 0.3 is 6.03 Å². The van der Waals surface area contributed by atoms with Gasteiger partial charge in [0.2, 0.25) is 0 Å². The van der Waals surface area contributed by atoms with Crippen molar-refractivity contribution in [1.29, 1.82) is 0 Å². The van der Waals surface area contributed by atoms with Crippen LogP contribution >= 0.6 is 0 Å². The van der Waals surface area contributed by atoms with Crippen LogP contribution in [0.1, 0.15) is 19.8 Å². The molecule has 1 aliphatic rings. The second-order valence-corrected chi connectivity index (χ2v) is 5.65. The van der Waals surface area contributed by atoms with Gasteiger partial charge < -0.3 is 10.2 Å². The lowest BCUT2D eigenvalue weighted by Gasteiger charge is -2.31. The van der Waals surface area contributed by atoms with Gasteiger partial charge in [0.1, 0.15) is 0 Å². The third-order valence-electron chi connectivity index (χ3n) is 3.98. The maximum Gasteiger partial charge on any atom is 0.321 e. The smallest absolute Gasteiger partial charge is 0.321 e. The number of hydrogen-bond donors (Lipinski definition) is 1. The summed E-state index contributed by atoms with van der Waals surface area (Å²) in [5, 5.41) is 5.30. The number of benzene rings is 2. The van der Waals surface area contributed by atoms with E-state index in [0.717, 1.165) is 36.0 Å². The molecule has 1 N–H and O–H groups in total. The molecule has 1 atom stereocenters. The zero-order valence-corrected chi connectivity index (χ0v) is 11.8. The first kappa shape index (κ1) is 13.0. The van der Waals surface area contributed by atoms with E-state index >= 15 is 0 Å². The highest BCUT2D eigenvalue weighted by Gasteiger charge is 2.21. The predicted molar refractivity (Wildman–Crippen MR) is 82.9 cm³/mol. The molecule has 0 saturated carbocycles. The van der Waals surface area contributed by atoms with Gasteiger partial charge in [-0.3, -0.25) is 0 Å². The van der Waals surface area contributed by atoms with Crippen LogP contribution in [0.15, 0.2) is 42.5 Å². The van der Waals surface area contributed by atoms with Gasteiger partial charge in [0, 0.05) is 18.5 Å². The molecule has 1 unspecified atom stereocenters. The Morgan fingerprint density at radius 3 is 2.85 bits per heavy atom. The molecule has 1 saturated heterocycles. The average Bonchev–Trinajstić information content (AvgIpc) is 2.47. The number of anilines is 1. The van der Waals surface area contributed by atoms with Crippen LogP contribution in [-0.4, -0.2) is 24.0 Å². The van der Waals surface area contributed by atoms with E-state index in [1.807, 2.05) is 35.2 Å². The number of rotatable bonds is 1. The first-order valence-corrected chi connectivity index (χ1v) is 7.28. The molecule has 3 nitrogen and oxygen atoms in total. The summed E-state index contributed by atoms with van der Waals surface area (Å²) >= 11 is 0. The van der Waals surface area contributed by atoms with E-state index in [9.17, 15) is 4.79 Å². The Morgan fingerprint density at radius 2 is 2.00 bits per heavy atom. The zero-order chi connectivity index (χ0) is 13.9. The highest BCUT2D eigenvalue weighted by molar-refractivity contribution is 6.01. The molecule has 0 aliphatic carbocycles. The topological polar surface area (TPSA) is 32.3 Å². The average molecular weight is 268 g/mol. The Hall–Kier alpha value is -2.03. The second kappa shape index (κ2) is 5.53. The summed E-state index contributed by atoms with van der Waals surface area (Å²) in [7, 11) is 0. The highest BCUT2D eigenvalue weighted by atomic mass is 16.2. The number of likely N-dealkylation sites (tertiary alicyclic amines) is 1. The third-order valence-corrected chi connectivity index (χ3v) is 3.98. The van der Waals surface area contributed by atoms with E-state index in [1.165, 1.54) is 6.42 Å². The van der Waals surface area contributed by atoms with Crippen molar-refractivity contribution in [3.63, 3.8) is 0 Å². The fraction of sp³-hybridized carbons (Fsp3) is 0.353. The molecule has 104 valence electrons. The minimum Gasteiger partial charge on any atom is -0.324 e. The molecule has 0 aromatic heterocycles. The molecule has 1 fully saturated rings. The predicted octanol–water partition coefficient (Wildman–Crippen LogP) is 4.10. The van der Waals surface area contributed by atoms with Gasteiger partial charge in [-0.2, -0.15) is 0 Å². The van der Waals surface area contributed by atoms with Crippen molar-refractivity contribution in [3.05, 3.63) is 42.5 Å². The van der Waals surface area contributed by atoms with E-state index in [2.05, 4.69) is 24.4 Å². The van der Waals surface area contributed by atoms with Crippen molar-refractivity contribution < 1.29 is 4.79 Å². The molecule has 2 amide bonds. The fourth-order valence-electron chi connectivity index (χ4n) is 2.90. The number of amides is 2. The van der Waals surface area contributed by atoms with Gasteiger partial charge in [-0.15, -0.1) is 0 Å². The Bertz CT molecular complexity index is 618. The van der Waals surface area contributed by atoms with Crippen LogP contribution in [0.25, 0.3) is 10.8 Å². The van der Waals surface area contributed by atoms with Crippen molar-refractivity contribution >= 4 is 22.5 Å². The van der Waals surface area contributed by atoms with E-state index in [4.69, 9.17) is 0 Å². The summed E-state index contributed by atoms with van der Waals surface area (Å²) in [6.45, 7) is 3.93. The Labute approximate surface area is 119 Å². The summed E-state index contributed by atoms with van der Waals surface area (Å²) in [6.07, 6.45) is 2.32. The van der Waals surface area contributed by atoms with Gasteiger partial charge in [0.05, 0.1) is 5.69 Å². The molecular weight excluding hydrogens is 248 g/mol. The van der Waals surface area contributed by atoms with Crippen LogP contribution < -0.4 is 5.32 Å². The highest BCUT2D eigenvalue weighted by Crippen LogP contribution is 2.24. The van der Waals surface area contributed by atoms with Crippen LogP contribution in [0.3, 0.4) is 0 Å². The number of fused-ring (bicyclic) bond motifs is 1. The van der Waals surface area contributed by atoms with E-state index in [-0.39, 0.29) is 6.03 Å². The van der Waals surface area contributed by atoms with Crippen LogP contribution in [0, 0.1) is 5.92 Å². The van der Waals surface area contributed by atoms with Crippen molar-refractivity contribution in [3.8, 4) is 0 Å².